The second-order valence-electron chi connectivity index (χ2n) is 3.34. The monoisotopic (exact) mass is 198 g/mol. The molecule has 1 aromatic rings. The topological polar surface area (TPSA) is 59.1 Å². The second-order valence-corrected chi connectivity index (χ2v) is 3.34. The van der Waals surface area contributed by atoms with Crippen molar-refractivity contribution in [3.63, 3.8) is 0 Å². The van der Waals surface area contributed by atoms with Gasteiger partial charge in [-0.2, -0.15) is 0 Å². The van der Waals surface area contributed by atoms with E-state index in [1.54, 1.807) is 6.07 Å². The Balaban J connectivity index is 2.94. The maximum atomic E-state index is 12.6. The normalized spacial score (nSPS) is 15.1. The highest BCUT2D eigenvalue weighted by Gasteiger charge is 2.25. The number of hydrogen-bond donors (Lipinski definition) is 2. The predicted molar refractivity (Wildman–Crippen MR) is 52.1 cm³/mol. The number of aromatic nitrogens is 1. The Morgan fingerprint density at radius 3 is 2.71 bits per heavy atom. The molecule has 0 aliphatic carbocycles. The summed E-state index contributed by atoms with van der Waals surface area (Å²) in [5.74, 6) is -0.379. The van der Waals surface area contributed by atoms with Crippen molar-refractivity contribution in [1.29, 1.82) is 0 Å². The molecule has 1 unspecified atom stereocenters. The Morgan fingerprint density at radius 1 is 1.57 bits per heavy atom. The number of hydrogen-bond acceptors (Lipinski definition) is 3. The fourth-order valence-electron chi connectivity index (χ4n) is 1.36. The van der Waals surface area contributed by atoms with Crippen LogP contribution >= 0.6 is 0 Å². The highest BCUT2D eigenvalue weighted by atomic mass is 19.1. The van der Waals surface area contributed by atoms with Gasteiger partial charge in [0.25, 0.3) is 0 Å². The zero-order valence-electron chi connectivity index (χ0n) is 8.20. The molecule has 4 heteroatoms. The highest BCUT2D eigenvalue weighted by molar-refractivity contribution is 5.15. The Bertz CT molecular complexity index is 289. The van der Waals surface area contributed by atoms with Crippen LogP contribution in [0.2, 0.25) is 0 Å². The molecule has 14 heavy (non-hydrogen) atoms. The summed E-state index contributed by atoms with van der Waals surface area (Å²) in [6.45, 7) is 1.92. The van der Waals surface area contributed by atoms with Gasteiger partial charge in [-0.3, -0.25) is 4.98 Å². The summed E-state index contributed by atoms with van der Waals surface area (Å²) >= 11 is 0. The van der Waals surface area contributed by atoms with Crippen LogP contribution in [0, 0.1) is 5.82 Å². The van der Waals surface area contributed by atoms with Gasteiger partial charge < -0.3 is 10.8 Å². The smallest absolute Gasteiger partial charge is 0.141 e. The van der Waals surface area contributed by atoms with Crippen LogP contribution in [0.3, 0.4) is 0 Å². The van der Waals surface area contributed by atoms with Gasteiger partial charge in [-0.15, -0.1) is 0 Å². The van der Waals surface area contributed by atoms with Crippen molar-refractivity contribution >= 4 is 0 Å². The van der Waals surface area contributed by atoms with Crippen molar-refractivity contribution in [3.8, 4) is 0 Å². The molecule has 0 bridgehead atoms. The molecule has 0 radical (unpaired) electrons. The molecule has 1 atom stereocenters. The molecular formula is C10H15FN2O. The third-order valence-electron chi connectivity index (χ3n) is 2.43. The van der Waals surface area contributed by atoms with E-state index in [0.29, 0.717) is 18.5 Å². The van der Waals surface area contributed by atoms with Gasteiger partial charge in [0.05, 0.1) is 17.4 Å². The third-order valence-corrected chi connectivity index (χ3v) is 2.43. The van der Waals surface area contributed by atoms with Crippen molar-refractivity contribution in [2.24, 2.45) is 5.73 Å². The molecule has 78 valence electrons. The molecule has 0 amide bonds. The molecule has 0 aliphatic heterocycles. The lowest BCUT2D eigenvalue weighted by Crippen LogP contribution is -2.37. The number of pyridine rings is 1. The largest absolute Gasteiger partial charge is 0.396 e. The summed E-state index contributed by atoms with van der Waals surface area (Å²) < 4.78 is 12.6. The summed E-state index contributed by atoms with van der Waals surface area (Å²) in [6.07, 6.45) is 2.23. The average Bonchev–Trinajstić information content (AvgIpc) is 2.19. The van der Waals surface area contributed by atoms with E-state index < -0.39 is 5.54 Å². The SMILES string of the molecule is CCC(N)(CCO)c1ccc(F)cn1. The lowest BCUT2D eigenvalue weighted by atomic mass is 9.89. The van der Waals surface area contributed by atoms with Gasteiger partial charge in [0.2, 0.25) is 0 Å². The van der Waals surface area contributed by atoms with E-state index in [1.807, 2.05) is 6.92 Å². The first-order valence-electron chi connectivity index (χ1n) is 4.64. The van der Waals surface area contributed by atoms with Gasteiger partial charge in [-0.1, -0.05) is 6.92 Å². The number of nitrogens with two attached hydrogens (primary N) is 1. The Morgan fingerprint density at radius 2 is 2.29 bits per heavy atom. The summed E-state index contributed by atoms with van der Waals surface area (Å²) in [6, 6.07) is 2.89. The minimum atomic E-state index is -0.650. The quantitative estimate of drug-likeness (QED) is 0.763. The highest BCUT2D eigenvalue weighted by Crippen LogP contribution is 2.23. The molecule has 0 aliphatic rings. The molecule has 0 aromatic carbocycles. The molecule has 0 saturated heterocycles. The van der Waals surface area contributed by atoms with Crippen molar-refractivity contribution < 1.29 is 9.50 Å². The number of rotatable bonds is 4. The van der Waals surface area contributed by atoms with Crippen molar-refractivity contribution in [2.75, 3.05) is 6.61 Å². The zero-order valence-corrected chi connectivity index (χ0v) is 8.20. The standard InChI is InChI=1S/C10H15FN2O/c1-2-10(12,5-6-14)9-4-3-8(11)7-13-9/h3-4,7,14H,2,5-6,12H2,1H3. The molecule has 0 spiro atoms. The first-order chi connectivity index (χ1) is 6.62. The maximum absolute atomic E-state index is 12.6. The van der Waals surface area contributed by atoms with Gasteiger partial charge in [0.1, 0.15) is 5.82 Å². The lowest BCUT2D eigenvalue weighted by Gasteiger charge is -2.26. The van der Waals surface area contributed by atoms with Crippen LogP contribution in [0.5, 0.6) is 0 Å². The van der Waals surface area contributed by atoms with E-state index in [1.165, 1.54) is 6.07 Å². The van der Waals surface area contributed by atoms with E-state index in [-0.39, 0.29) is 12.4 Å². The van der Waals surface area contributed by atoms with Crippen LogP contribution in [-0.2, 0) is 5.54 Å². The number of aliphatic hydroxyl groups is 1. The van der Waals surface area contributed by atoms with Gasteiger partial charge in [0.15, 0.2) is 0 Å². The molecule has 3 nitrogen and oxygen atoms in total. The maximum Gasteiger partial charge on any atom is 0.141 e. The second kappa shape index (κ2) is 4.48. The third kappa shape index (κ3) is 2.27. The first kappa shape index (κ1) is 11.1. The van der Waals surface area contributed by atoms with Crippen LogP contribution in [0.4, 0.5) is 4.39 Å². The minimum Gasteiger partial charge on any atom is -0.396 e. The van der Waals surface area contributed by atoms with Crippen LogP contribution in [0.1, 0.15) is 25.5 Å². The minimum absolute atomic E-state index is 0.00337. The molecule has 1 aromatic heterocycles. The van der Waals surface area contributed by atoms with Crippen LogP contribution < -0.4 is 5.73 Å². The van der Waals surface area contributed by atoms with Gasteiger partial charge in [0, 0.05) is 6.61 Å². The first-order valence-corrected chi connectivity index (χ1v) is 4.64. The Kier molecular flexibility index (Phi) is 3.55. The average molecular weight is 198 g/mol. The fourth-order valence-corrected chi connectivity index (χ4v) is 1.36. The lowest BCUT2D eigenvalue weighted by molar-refractivity contribution is 0.232. The number of halogens is 1. The molecule has 0 fully saturated rings. The van der Waals surface area contributed by atoms with Crippen LogP contribution in [-0.4, -0.2) is 16.7 Å². The predicted octanol–water partition coefficient (Wildman–Crippen LogP) is 1.17. The van der Waals surface area contributed by atoms with Gasteiger partial charge >= 0.3 is 0 Å². The van der Waals surface area contributed by atoms with E-state index in [2.05, 4.69) is 4.98 Å². The van der Waals surface area contributed by atoms with Crippen molar-refractivity contribution in [1.82, 2.24) is 4.98 Å². The Labute approximate surface area is 82.8 Å². The van der Waals surface area contributed by atoms with Gasteiger partial charge in [-0.25, -0.2) is 4.39 Å². The van der Waals surface area contributed by atoms with E-state index in [9.17, 15) is 4.39 Å². The van der Waals surface area contributed by atoms with E-state index in [0.717, 1.165) is 6.20 Å². The number of nitrogens with zero attached hydrogens (tertiary/aromatic N) is 1. The van der Waals surface area contributed by atoms with Gasteiger partial charge in [-0.05, 0) is 25.0 Å². The van der Waals surface area contributed by atoms with Crippen LogP contribution in [0.25, 0.3) is 0 Å². The van der Waals surface area contributed by atoms with Crippen molar-refractivity contribution in [2.45, 2.75) is 25.3 Å². The van der Waals surface area contributed by atoms with E-state index in [4.69, 9.17) is 10.8 Å². The fraction of sp³-hybridized carbons (Fsp3) is 0.500. The molecule has 3 N–H and O–H groups in total. The Hall–Kier alpha value is -1.00. The van der Waals surface area contributed by atoms with Crippen LogP contribution in [0.15, 0.2) is 18.3 Å². The molecule has 1 heterocycles. The van der Waals surface area contributed by atoms with E-state index >= 15 is 0 Å². The summed E-state index contributed by atoms with van der Waals surface area (Å²) in [5, 5.41) is 8.87. The molecule has 1 rings (SSSR count). The summed E-state index contributed by atoms with van der Waals surface area (Å²) in [4.78, 5) is 3.93. The molecule has 0 saturated carbocycles. The summed E-state index contributed by atoms with van der Waals surface area (Å²) in [5.41, 5.74) is 6.00. The molecular weight excluding hydrogens is 183 g/mol. The zero-order chi connectivity index (χ0) is 10.6. The summed E-state index contributed by atoms with van der Waals surface area (Å²) in [7, 11) is 0. The number of aliphatic hydroxyl groups excluding tert-OH is 1. The van der Waals surface area contributed by atoms with Crippen molar-refractivity contribution in [3.05, 3.63) is 29.8 Å².